The Morgan fingerprint density at radius 2 is 2.26 bits per heavy atom. The number of aryl methyl sites for hydroxylation is 1. The van der Waals surface area contributed by atoms with Gasteiger partial charge in [-0.2, -0.15) is 0 Å². The third-order valence-corrected chi connectivity index (χ3v) is 2.88. The lowest BCUT2D eigenvalue weighted by Gasteiger charge is -2.09. The number of aromatic nitrogens is 1. The summed E-state index contributed by atoms with van der Waals surface area (Å²) in [7, 11) is 0. The van der Waals surface area contributed by atoms with Crippen LogP contribution in [-0.2, 0) is 0 Å². The monoisotopic (exact) mass is 257 g/mol. The van der Waals surface area contributed by atoms with Gasteiger partial charge in [0.05, 0.1) is 10.3 Å². The molecule has 0 radical (unpaired) electrons. The predicted molar refractivity (Wildman–Crippen MR) is 76.4 cm³/mol. The highest BCUT2D eigenvalue weighted by Crippen LogP contribution is 2.31. The molecular weight excluding hydrogens is 242 g/mol. The van der Waals surface area contributed by atoms with Gasteiger partial charge in [0.25, 0.3) is 5.69 Å². The molecule has 0 aliphatic carbocycles. The maximum atomic E-state index is 11.0. The van der Waals surface area contributed by atoms with E-state index in [1.807, 2.05) is 19.1 Å². The van der Waals surface area contributed by atoms with Crippen LogP contribution in [0.4, 0.5) is 11.4 Å². The molecule has 5 heteroatoms. The minimum atomic E-state index is -0.382. The zero-order chi connectivity index (χ0) is 13.8. The van der Waals surface area contributed by atoms with Crippen LogP contribution in [0.2, 0.25) is 0 Å². The Labute approximate surface area is 111 Å². The standard InChI is InChI=1S/C14H15N3O2/c1-3-4-7-15-13-5-6-14(17(18)19)12-9-16-10(2)8-11(12)13/h3,5-6,8-9,15H,1,4,7H2,2H3. The molecule has 0 fully saturated rings. The minimum absolute atomic E-state index is 0.0803. The normalized spacial score (nSPS) is 10.4. The first-order valence-corrected chi connectivity index (χ1v) is 6.02. The molecule has 1 aromatic heterocycles. The molecule has 1 heterocycles. The van der Waals surface area contributed by atoms with E-state index in [0.717, 1.165) is 29.7 Å². The second-order valence-corrected chi connectivity index (χ2v) is 4.26. The molecule has 0 amide bonds. The van der Waals surface area contributed by atoms with Crippen molar-refractivity contribution in [2.24, 2.45) is 0 Å². The first-order valence-electron chi connectivity index (χ1n) is 6.02. The van der Waals surface area contributed by atoms with Gasteiger partial charge in [-0.05, 0) is 25.5 Å². The Morgan fingerprint density at radius 3 is 2.95 bits per heavy atom. The Balaban J connectivity index is 2.53. The highest BCUT2D eigenvalue weighted by molar-refractivity contribution is 5.99. The van der Waals surface area contributed by atoms with Crippen LogP contribution in [0.5, 0.6) is 0 Å². The smallest absolute Gasteiger partial charge is 0.278 e. The number of fused-ring (bicyclic) bond motifs is 1. The molecule has 0 saturated heterocycles. The van der Waals surface area contributed by atoms with E-state index < -0.39 is 0 Å². The molecule has 0 aliphatic heterocycles. The molecule has 0 saturated carbocycles. The van der Waals surface area contributed by atoms with Crippen molar-refractivity contribution >= 4 is 22.1 Å². The number of nitro benzene ring substituents is 1. The van der Waals surface area contributed by atoms with Crippen molar-refractivity contribution < 1.29 is 4.92 Å². The van der Waals surface area contributed by atoms with Crippen LogP contribution < -0.4 is 5.32 Å². The lowest BCUT2D eigenvalue weighted by atomic mass is 10.1. The maximum absolute atomic E-state index is 11.0. The number of benzene rings is 1. The van der Waals surface area contributed by atoms with Crippen LogP contribution in [0, 0.1) is 17.0 Å². The quantitative estimate of drug-likeness (QED) is 0.385. The molecule has 2 aromatic rings. The van der Waals surface area contributed by atoms with Crippen molar-refractivity contribution in [2.75, 3.05) is 11.9 Å². The van der Waals surface area contributed by atoms with Gasteiger partial charge in [-0.1, -0.05) is 6.08 Å². The van der Waals surface area contributed by atoms with Crippen LogP contribution in [-0.4, -0.2) is 16.5 Å². The van der Waals surface area contributed by atoms with E-state index in [9.17, 15) is 10.1 Å². The van der Waals surface area contributed by atoms with Gasteiger partial charge >= 0.3 is 0 Å². The van der Waals surface area contributed by atoms with Crippen LogP contribution >= 0.6 is 0 Å². The van der Waals surface area contributed by atoms with Crippen molar-refractivity contribution in [1.29, 1.82) is 0 Å². The van der Waals surface area contributed by atoms with Gasteiger partial charge in [-0.25, -0.2) is 0 Å². The summed E-state index contributed by atoms with van der Waals surface area (Å²) in [6, 6.07) is 5.11. The van der Waals surface area contributed by atoms with Gasteiger partial charge in [0.2, 0.25) is 0 Å². The third-order valence-electron chi connectivity index (χ3n) is 2.88. The second kappa shape index (κ2) is 5.48. The number of hydrogen-bond acceptors (Lipinski definition) is 4. The number of anilines is 1. The van der Waals surface area contributed by atoms with Gasteiger partial charge < -0.3 is 5.32 Å². The minimum Gasteiger partial charge on any atom is -0.384 e. The van der Waals surface area contributed by atoms with Crippen molar-refractivity contribution in [1.82, 2.24) is 4.98 Å². The zero-order valence-corrected chi connectivity index (χ0v) is 10.7. The molecule has 98 valence electrons. The summed E-state index contributed by atoms with van der Waals surface area (Å²) in [5.41, 5.74) is 1.80. The molecule has 19 heavy (non-hydrogen) atoms. The SMILES string of the molecule is C=CCCNc1ccc([N+](=O)[O-])c2cnc(C)cc12. The summed E-state index contributed by atoms with van der Waals surface area (Å²) in [5, 5.41) is 15.7. The average molecular weight is 257 g/mol. The van der Waals surface area contributed by atoms with Gasteiger partial charge in [0.1, 0.15) is 0 Å². The van der Waals surface area contributed by atoms with E-state index in [0.29, 0.717) is 5.39 Å². The molecule has 2 rings (SSSR count). The van der Waals surface area contributed by atoms with E-state index in [-0.39, 0.29) is 10.6 Å². The molecule has 1 aromatic carbocycles. The first kappa shape index (κ1) is 13.0. The van der Waals surface area contributed by atoms with Crippen LogP contribution in [0.3, 0.4) is 0 Å². The number of nitrogens with zero attached hydrogens (tertiary/aromatic N) is 2. The summed E-state index contributed by atoms with van der Waals surface area (Å²) in [6.45, 7) is 6.28. The summed E-state index contributed by atoms with van der Waals surface area (Å²) >= 11 is 0. The summed E-state index contributed by atoms with van der Waals surface area (Å²) < 4.78 is 0. The van der Waals surface area contributed by atoms with E-state index in [4.69, 9.17) is 0 Å². The fourth-order valence-corrected chi connectivity index (χ4v) is 1.95. The van der Waals surface area contributed by atoms with E-state index >= 15 is 0 Å². The number of hydrogen-bond donors (Lipinski definition) is 1. The highest BCUT2D eigenvalue weighted by atomic mass is 16.6. The molecular formula is C14H15N3O2. The zero-order valence-electron chi connectivity index (χ0n) is 10.7. The molecule has 0 spiro atoms. The van der Waals surface area contributed by atoms with Crippen LogP contribution in [0.25, 0.3) is 10.8 Å². The Bertz CT molecular complexity index is 638. The van der Waals surface area contributed by atoms with Crippen LogP contribution in [0.15, 0.2) is 37.1 Å². The fourth-order valence-electron chi connectivity index (χ4n) is 1.95. The van der Waals surface area contributed by atoms with Gasteiger partial charge in [0, 0.05) is 35.6 Å². The number of rotatable bonds is 5. The molecule has 1 N–H and O–H groups in total. The fraction of sp³-hybridized carbons (Fsp3) is 0.214. The van der Waals surface area contributed by atoms with E-state index in [1.54, 1.807) is 12.3 Å². The first-order chi connectivity index (χ1) is 9.13. The number of non-ortho nitro benzene ring substituents is 1. The van der Waals surface area contributed by atoms with E-state index in [2.05, 4.69) is 16.9 Å². The van der Waals surface area contributed by atoms with Gasteiger partial charge in [-0.15, -0.1) is 6.58 Å². The Hall–Kier alpha value is -2.43. The second-order valence-electron chi connectivity index (χ2n) is 4.26. The van der Waals surface area contributed by atoms with Gasteiger partial charge in [0.15, 0.2) is 0 Å². The molecule has 0 aliphatic rings. The largest absolute Gasteiger partial charge is 0.384 e. The molecule has 5 nitrogen and oxygen atoms in total. The Morgan fingerprint density at radius 1 is 1.47 bits per heavy atom. The van der Waals surface area contributed by atoms with Crippen molar-refractivity contribution in [2.45, 2.75) is 13.3 Å². The average Bonchev–Trinajstić information content (AvgIpc) is 2.38. The maximum Gasteiger partial charge on any atom is 0.278 e. The van der Waals surface area contributed by atoms with Gasteiger partial charge in [-0.3, -0.25) is 15.1 Å². The topological polar surface area (TPSA) is 68.1 Å². The number of nitro groups is 1. The van der Waals surface area contributed by atoms with Crippen molar-refractivity contribution in [3.05, 3.63) is 52.9 Å². The highest BCUT2D eigenvalue weighted by Gasteiger charge is 2.14. The third kappa shape index (κ3) is 2.70. The summed E-state index contributed by atoms with van der Waals surface area (Å²) in [4.78, 5) is 14.8. The predicted octanol–water partition coefficient (Wildman–Crippen LogP) is 3.44. The lowest BCUT2D eigenvalue weighted by molar-refractivity contribution is -0.383. The van der Waals surface area contributed by atoms with Crippen LogP contribution in [0.1, 0.15) is 12.1 Å². The summed E-state index contributed by atoms with van der Waals surface area (Å²) in [6.07, 6.45) is 4.22. The van der Waals surface area contributed by atoms with Crippen molar-refractivity contribution in [3.63, 3.8) is 0 Å². The summed E-state index contributed by atoms with van der Waals surface area (Å²) in [5.74, 6) is 0. The number of nitrogens with one attached hydrogen (secondary N) is 1. The molecule has 0 atom stereocenters. The molecule has 0 unspecified atom stereocenters. The lowest BCUT2D eigenvalue weighted by Crippen LogP contribution is -2.02. The molecule has 0 bridgehead atoms. The Kier molecular flexibility index (Phi) is 3.75. The van der Waals surface area contributed by atoms with E-state index in [1.165, 1.54) is 6.07 Å². The number of pyridine rings is 1. The van der Waals surface area contributed by atoms with Crippen molar-refractivity contribution in [3.8, 4) is 0 Å².